The van der Waals surface area contributed by atoms with E-state index >= 15 is 0 Å². The molecule has 0 unspecified atom stereocenters. The van der Waals surface area contributed by atoms with Crippen molar-refractivity contribution in [1.29, 1.82) is 0 Å². The van der Waals surface area contributed by atoms with Crippen LogP contribution in [0.25, 0.3) is 5.57 Å². The molecule has 0 atom stereocenters. The minimum absolute atomic E-state index is 0.101. The number of rotatable bonds is 1. The first-order valence-electron chi connectivity index (χ1n) is 5.74. The van der Waals surface area contributed by atoms with Crippen molar-refractivity contribution >= 4 is 22.9 Å². The number of carbonyl (C=O) groups excluding carboxylic acids is 1. The number of dihydropyridines is 1. The summed E-state index contributed by atoms with van der Waals surface area (Å²) < 4.78 is 0. The molecule has 2 heterocycles. The van der Waals surface area contributed by atoms with Gasteiger partial charge in [0.05, 0.1) is 17.9 Å². The van der Waals surface area contributed by atoms with Crippen molar-refractivity contribution in [1.82, 2.24) is 5.32 Å². The Hall–Kier alpha value is -2.43. The van der Waals surface area contributed by atoms with Crippen molar-refractivity contribution in [2.24, 2.45) is 0 Å². The lowest BCUT2D eigenvalue weighted by atomic mass is 10.0. The minimum Gasteiger partial charge on any atom is -0.507 e. The number of phenols is 1. The maximum Gasteiger partial charge on any atom is 0.243 e. The molecular weight excluding hydrogens is 230 g/mol. The molecule has 1 aromatic rings. The van der Waals surface area contributed by atoms with Crippen LogP contribution in [0.5, 0.6) is 5.75 Å². The van der Waals surface area contributed by atoms with Gasteiger partial charge in [-0.15, -0.1) is 0 Å². The number of anilines is 2. The average Bonchev–Trinajstić information content (AvgIpc) is 2.39. The number of aromatic hydroxyl groups is 1. The summed E-state index contributed by atoms with van der Waals surface area (Å²) >= 11 is 0. The van der Waals surface area contributed by atoms with Crippen LogP contribution in [-0.2, 0) is 4.79 Å². The Balaban J connectivity index is 2.04. The monoisotopic (exact) mass is 243 g/mol. The van der Waals surface area contributed by atoms with Crippen LogP contribution in [0.4, 0.5) is 11.4 Å². The fourth-order valence-corrected chi connectivity index (χ4v) is 2.11. The number of carbonyl (C=O) groups is 1. The van der Waals surface area contributed by atoms with Gasteiger partial charge in [-0.1, -0.05) is 6.08 Å². The van der Waals surface area contributed by atoms with Crippen LogP contribution in [0, 0.1) is 0 Å². The van der Waals surface area contributed by atoms with Crippen molar-refractivity contribution in [2.75, 3.05) is 23.7 Å². The van der Waals surface area contributed by atoms with E-state index in [9.17, 15) is 9.90 Å². The summed E-state index contributed by atoms with van der Waals surface area (Å²) in [5.41, 5.74) is 3.23. The van der Waals surface area contributed by atoms with Crippen molar-refractivity contribution in [2.45, 2.75) is 0 Å². The Kier molecular flexibility index (Phi) is 2.44. The molecule has 18 heavy (non-hydrogen) atoms. The summed E-state index contributed by atoms with van der Waals surface area (Å²) in [5, 5.41) is 18.9. The van der Waals surface area contributed by atoms with Crippen molar-refractivity contribution in [3.8, 4) is 5.75 Å². The van der Waals surface area contributed by atoms with E-state index in [1.165, 1.54) is 0 Å². The molecule has 0 saturated heterocycles. The largest absolute Gasteiger partial charge is 0.507 e. The number of phenolic OH excluding ortho intramolecular Hbond substituents is 1. The first-order chi connectivity index (χ1) is 8.74. The minimum atomic E-state index is -0.101. The highest BCUT2D eigenvalue weighted by molar-refractivity contribution is 6.01. The third-order valence-electron chi connectivity index (χ3n) is 3.00. The Labute approximate surface area is 104 Å². The van der Waals surface area contributed by atoms with Crippen molar-refractivity contribution in [3.63, 3.8) is 0 Å². The zero-order valence-electron chi connectivity index (χ0n) is 9.66. The topological polar surface area (TPSA) is 73.4 Å². The molecule has 4 N–H and O–H groups in total. The predicted molar refractivity (Wildman–Crippen MR) is 70.3 cm³/mol. The molecule has 92 valence electrons. The molecule has 2 aliphatic heterocycles. The normalized spacial score (nSPS) is 17.1. The molecule has 1 aromatic carbocycles. The number of hydrogen-bond donors (Lipinski definition) is 4. The highest BCUT2D eigenvalue weighted by Gasteiger charge is 2.18. The van der Waals surface area contributed by atoms with E-state index in [0.29, 0.717) is 12.2 Å². The van der Waals surface area contributed by atoms with Gasteiger partial charge in [-0.2, -0.15) is 0 Å². The van der Waals surface area contributed by atoms with Crippen LogP contribution < -0.4 is 16.0 Å². The van der Waals surface area contributed by atoms with Gasteiger partial charge >= 0.3 is 0 Å². The Bertz CT molecular complexity index is 576. The highest BCUT2D eigenvalue weighted by Crippen LogP contribution is 2.35. The van der Waals surface area contributed by atoms with E-state index in [4.69, 9.17) is 0 Å². The molecule has 0 aromatic heterocycles. The van der Waals surface area contributed by atoms with E-state index in [2.05, 4.69) is 16.0 Å². The molecule has 2 aliphatic rings. The summed E-state index contributed by atoms with van der Waals surface area (Å²) in [6.07, 6.45) is 5.71. The summed E-state index contributed by atoms with van der Waals surface area (Å²) in [4.78, 5) is 11.2. The second-order valence-corrected chi connectivity index (χ2v) is 4.25. The van der Waals surface area contributed by atoms with Gasteiger partial charge < -0.3 is 21.1 Å². The number of hydrogen-bond acceptors (Lipinski definition) is 4. The standard InChI is InChI=1S/C13H13N3O2/c17-12-5-11-10(15-7-13(18)16-11)4-9(12)8-2-1-3-14-6-8/h1-5,14-15,17H,6-7H2,(H,16,18). The SMILES string of the molecule is O=C1CNc2cc(C3=CC=CNC3)c(O)cc2N1. The van der Waals surface area contributed by atoms with E-state index < -0.39 is 0 Å². The number of amides is 1. The van der Waals surface area contributed by atoms with E-state index in [1.54, 1.807) is 6.07 Å². The summed E-state index contributed by atoms with van der Waals surface area (Å²) in [5.74, 6) is 0.0669. The summed E-state index contributed by atoms with van der Waals surface area (Å²) in [6.45, 7) is 0.934. The zero-order valence-corrected chi connectivity index (χ0v) is 9.66. The molecule has 5 heteroatoms. The lowest BCUT2D eigenvalue weighted by Crippen LogP contribution is -2.27. The lowest BCUT2D eigenvalue weighted by Gasteiger charge is -2.21. The van der Waals surface area contributed by atoms with E-state index in [-0.39, 0.29) is 18.2 Å². The Morgan fingerprint density at radius 3 is 2.83 bits per heavy atom. The number of nitrogens with one attached hydrogen (secondary N) is 3. The molecule has 0 aliphatic carbocycles. The van der Waals surface area contributed by atoms with Crippen molar-refractivity contribution in [3.05, 3.63) is 36.0 Å². The van der Waals surface area contributed by atoms with Gasteiger partial charge in [-0.25, -0.2) is 0 Å². The van der Waals surface area contributed by atoms with Gasteiger partial charge in [0.1, 0.15) is 5.75 Å². The average molecular weight is 243 g/mol. The second-order valence-electron chi connectivity index (χ2n) is 4.25. The van der Waals surface area contributed by atoms with Gasteiger partial charge in [0.2, 0.25) is 5.91 Å². The van der Waals surface area contributed by atoms with Gasteiger partial charge in [0, 0.05) is 18.2 Å². The van der Waals surface area contributed by atoms with Crippen LogP contribution in [0.1, 0.15) is 5.56 Å². The first kappa shape index (κ1) is 10.7. The molecule has 0 fully saturated rings. The second kappa shape index (κ2) is 4.10. The summed E-state index contributed by atoms with van der Waals surface area (Å²) in [7, 11) is 0. The first-order valence-corrected chi connectivity index (χ1v) is 5.74. The van der Waals surface area contributed by atoms with E-state index in [1.807, 2.05) is 24.4 Å². The third kappa shape index (κ3) is 1.79. The fourth-order valence-electron chi connectivity index (χ4n) is 2.11. The molecule has 5 nitrogen and oxygen atoms in total. The highest BCUT2D eigenvalue weighted by atomic mass is 16.3. The van der Waals surface area contributed by atoms with Crippen LogP contribution >= 0.6 is 0 Å². The smallest absolute Gasteiger partial charge is 0.243 e. The maximum absolute atomic E-state index is 11.2. The van der Waals surface area contributed by atoms with Crippen molar-refractivity contribution < 1.29 is 9.90 Å². The van der Waals surface area contributed by atoms with Crippen LogP contribution in [0.3, 0.4) is 0 Å². The Morgan fingerprint density at radius 1 is 1.17 bits per heavy atom. The number of benzene rings is 1. The summed E-state index contributed by atoms with van der Waals surface area (Å²) in [6, 6.07) is 3.44. The number of fused-ring (bicyclic) bond motifs is 1. The van der Waals surface area contributed by atoms with Gasteiger partial charge in [0.15, 0.2) is 0 Å². The van der Waals surface area contributed by atoms with Crippen LogP contribution in [0.15, 0.2) is 30.5 Å². The Morgan fingerprint density at radius 2 is 2.06 bits per heavy atom. The molecule has 0 saturated carbocycles. The molecule has 0 bridgehead atoms. The molecule has 0 spiro atoms. The molecule has 1 amide bonds. The maximum atomic E-state index is 11.2. The lowest BCUT2D eigenvalue weighted by molar-refractivity contribution is -0.114. The van der Waals surface area contributed by atoms with Crippen LogP contribution in [0.2, 0.25) is 0 Å². The quantitative estimate of drug-likeness (QED) is 0.560. The number of allylic oxidation sites excluding steroid dienone is 2. The zero-order chi connectivity index (χ0) is 12.5. The molecule has 3 rings (SSSR count). The van der Waals surface area contributed by atoms with Crippen LogP contribution in [-0.4, -0.2) is 24.1 Å². The fraction of sp³-hybridized carbons (Fsp3) is 0.154. The van der Waals surface area contributed by atoms with Gasteiger partial charge in [-0.3, -0.25) is 4.79 Å². The van der Waals surface area contributed by atoms with E-state index in [0.717, 1.165) is 16.8 Å². The predicted octanol–water partition coefficient (Wildman–Crippen LogP) is 1.26. The third-order valence-corrected chi connectivity index (χ3v) is 3.00. The van der Waals surface area contributed by atoms with Gasteiger partial charge in [0.25, 0.3) is 0 Å². The van der Waals surface area contributed by atoms with Gasteiger partial charge in [-0.05, 0) is 23.9 Å². The molecule has 0 radical (unpaired) electrons. The molecular formula is C13H13N3O2.